The van der Waals surface area contributed by atoms with E-state index in [1.807, 2.05) is 12.3 Å². The van der Waals surface area contributed by atoms with Gasteiger partial charge < -0.3 is 19.9 Å². The first-order valence-electron chi connectivity index (χ1n) is 13.7. The van der Waals surface area contributed by atoms with Gasteiger partial charge in [-0.2, -0.15) is 5.10 Å². The van der Waals surface area contributed by atoms with Crippen molar-refractivity contribution in [1.82, 2.24) is 19.6 Å². The monoisotopic (exact) mass is 549 g/mol. The van der Waals surface area contributed by atoms with Crippen LogP contribution >= 0.6 is 0 Å². The topological polar surface area (TPSA) is 96.8 Å². The number of ether oxygens (including phenoxy) is 3. The summed E-state index contributed by atoms with van der Waals surface area (Å²) < 4.78 is 48.6. The van der Waals surface area contributed by atoms with Gasteiger partial charge in [0.15, 0.2) is 0 Å². The number of rotatable bonds is 7. The number of hydrogen-bond acceptors (Lipinski definition) is 7. The van der Waals surface area contributed by atoms with E-state index >= 15 is 8.78 Å². The van der Waals surface area contributed by atoms with Crippen molar-refractivity contribution in [3.05, 3.63) is 77.5 Å². The molecule has 1 saturated heterocycles. The minimum absolute atomic E-state index is 0.0403. The number of nitrogens with zero attached hydrogens (tertiary/aromatic N) is 4. The molecule has 0 bridgehead atoms. The zero-order chi connectivity index (χ0) is 27.8. The minimum atomic E-state index is -0.742. The van der Waals surface area contributed by atoms with E-state index in [1.54, 1.807) is 36.2 Å². The molecule has 0 radical (unpaired) electrons. The van der Waals surface area contributed by atoms with Gasteiger partial charge in [0.1, 0.15) is 29.3 Å². The Bertz CT molecular complexity index is 1470. The Morgan fingerprint density at radius 3 is 2.67 bits per heavy atom. The Kier molecular flexibility index (Phi) is 7.48. The van der Waals surface area contributed by atoms with Gasteiger partial charge in [-0.1, -0.05) is 6.92 Å². The lowest BCUT2D eigenvalue weighted by Crippen LogP contribution is -2.45. The van der Waals surface area contributed by atoms with Crippen LogP contribution in [0.3, 0.4) is 0 Å². The third-order valence-corrected chi connectivity index (χ3v) is 8.11. The van der Waals surface area contributed by atoms with E-state index in [4.69, 9.17) is 19.9 Å². The number of halogens is 2. The van der Waals surface area contributed by atoms with Crippen LogP contribution in [-0.2, 0) is 15.9 Å². The average molecular weight is 550 g/mol. The minimum Gasteiger partial charge on any atom is -0.488 e. The number of fused-ring (bicyclic) bond motifs is 1. The third kappa shape index (κ3) is 5.18. The predicted octanol–water partition coefficient (Wildman–Crippen LogP) is 4.68. The van der Waals surface area contributed by atoms with Crippen molar-refractivity contribution in [2.24, 2.45) is 11.7 Å². The van der Waals surface area contributed by atoms with Gasteiger partial charge in [0, 0.05) is 50.5 Å². The van der Waals surface area contributed by atoms with Crippen LogP contribution in [0.1, 0.15) is 49.1 Å². The molecule has 10 heteroatoms. The lowest BCUT2D eigenvalue weighted by Gasteiger charge is -2.38. The number of imidazole rings is 1. The van der Waals surface area contributed by atoms with Crippen LogP contribution in [0.4, 0.5) is 8.78 Å². The summed E-state index contributed by atoms with van der Waals surface area (Å²) in [5, 5.41) is 4.60. The van der Waals surface area contributed by atoms with Crippen molar-refractivity contribution in [1.29, 1.82) is 0 Å². The van der Waals surface area contributed by atoms with E-state index in [-0.39, 0.29) is 41.2 Å². The molecule has 4 heterocycles. The second kappa shape index (κ2) is 11.2. The summed E-state index contributed by atoms with van der Waals surface area (Å²) >= 11 is 0. The first-order chi connectivity index (χ1) is 19.4. The molecule has 0 spiro atoms. The van der Waals surface area contributed by atoms with Gasteiger partial charge in [-0.3, -0.25) is 4.98 Å². The van der Waals surface area contributed by atoms with Crippen LogP contribution in [0, 0.1) is 17.6 Å². The molecule has 2 fully saturated rings. The van der Waals surface area contributed by atoms with E-state index in [2.05, 4.69) is 22.0 Å². The summed E-state index contributed by atoms with van der Waals surface area (Å²) in [6.45, 7) is 3.16. The van der Waals surface area contributed by atoms with E-state index in [0.29, 0.717) is 37.8 Å². The van der Waals surface area contributed by atoms with Crippen molar-refractivity contribution in [3.8, 4) is 17.0 Å². The van der Waals surface area contributed by atoms with Gasteiger partial charge >= 0.3 is 0 Å². The number of aromatic nitrogens is 4. The number of nitrogens with two attached hydrogens (primary N) is 1. The fourth-order valence-electron chi connectivity index (χ4n) is 6.23. The molecule has 1 aliphatic carbocycles. The molecular formula is C30H33F2N5O3. The first-order valence-corrected chi connectivity index (χ1v) is 13.7. The highest BCUT2D eigenvalue weighted by Gasteiger charge is 2.35. The molecule has 2 aliphatic rings. The Labute approximate surface area is 231 Å². The summed E-state index contributed by atoms with van der Waals surface area (Å²) in [5.41, 5.74) is 9.36. The van der Waals surface area contributed by atoms with Gasteiger partial charge in [-0.05, 0) is 54.0 Å². The fourth-order valence-corrected chi connectivity index (χ4v) is 6.23. The van der Waals surface area contributed by atoms with Gasteiger partial charge in [0.25, 0.3) is 0 Å². The average Bonchev–Trinajstić information content (AvgIpc) is 3.58. The molecule has 3 aromatic heterocycles. The zero-order valence-corrected chi connectivity index (χ0v) is 22.6. The zero-order valence-electron chi connectivity index (χ0n) is 22.6. The highest BCUT2D eigenvalue weighted by Crippen LogP contribution is 2.38. The SMILES string of the molecule is CO[C@@H]1[C@H](N)C[C@H](c2ccncc2Cc2ncc3ccc(-c4c(F)cc(OC5CCOC5)cc4F)nn23)C[C@@H]1C. The molecule has 2 N–H and O–H groups in total. The van der Waals surface area contributed by atoms with Crippen LogP contribution in [0.25, 0.3) is 16.8 Å². The number of pyridine rings is 1. The maximum absolute atomic E-state index is 15.2. The summed E-state index contributed by atoms with van der Waals surface area (Å²) in [7, 11) is 1.72. The van der Waals surface area contributed by atoms with Crippen molar-refractivity contribution in [2.75, 3.05) is 20.3 Å². The molecule has 1 aliphatic heterocycles. The lowest BCUT2D eigenvalue weighted by atomic mass is 9.74. The second-order valence-corrected chi connectivity index (χ2v) is 10.9. The predicted molar refractivity (Wildman–Crippen MR) is 145 cm³/mol. The standard InChI is InChI=1S/C30H33F2N5O3/c1-17-9-18(10-26(33)30(17)38-2)23-5-7-34-14-19(23)11-28-35-15-20-3-4-27(36-37(20)28)29-24(31)12-22(13-25(29)32)40-21-6-8-39-16-21/h3-5,7,12-15,17-18,21,26,30H,6,8-11,16,33H2,1-2H3/t17-,18+,21?,26+,30-/m0/s1. The smallest absolute Gasteiger partial charge is 0.139 e. The van der Waals surface area contributed by atoms with Gasteiger partial charge in [-0.15, -0.1) is 0 Å². The highest BCUT2D eigenvalue weighted by molar-refractivity contribution is 5.64. The summed E-state index contributed by atoms with van der Waals surface area (Å²) in [4.78, 5) is 8.96. The number of benzene rings is 1. The number of hydrogen-bond donors (Lipinski definition) is 1. The molecule has 1 saturated carbocycles. The highest BCUT2D eigenvalue weighted by atomic mass is 19.1. The quantitative estimate of drug-likeness (QED) is 0.357. The summed E-state index contributed by atoms with van der Waals surface area (Å²) in [5.74, 6) is -0.108. The lowest BCUT2D eigenvalue weighted by molar-refractivity contribution is 0.00970. The molecule has 6 rings (SSSR count). The number of methoxy groups -OCH3 is 1. The molecular weight excluding hydrogens is 516 g/mol. The van der Waals surface area contributed by atoms with Crippen LogP contribution in [0.5, 0.6) is 5.75 Å². The third-order valence-electron chi connectivity index (χ3n) is 8.11. The van der Waals surface area contributed by atoms with E-state index in [0.717, 1.165) is 23.9 Å². The molecule has 5 atom stereocenters. The normalized spacial score (nSPS) is 25.0. The van der Waals surface area contributed by atoms with Crippen LogP contribution < -0.4 is 10.5 Å². The van der Waals surface area contributed by atoms with E-state index in [9.17, 15) is 0 Å². The molecule has 0 amide bonds. The van der Waals surface area contributed by atoms with Crippen LogP contribution in [0.15, 0.2) is 48.9 Å². The summed E-state index contributed by atoms with van der Waals surface area (Å²) in [6, 6.07) is 7.75. The maximum Gasteiger partial charge on any atom is 0.139 e. The van der Waals surface area contributed by atoms with Crippen LogP contribution in [0.2, 0.25) is 0 Å². The van der Waals surface area contributed by atoms with E-state index < -0.39 is 11.6 Å². The largest absolute Gasteiger partial charge is 0.488 e. The molecule has 40 heavy (non-hydrogen) atoms. The molecule has 210 valence electrons. The molecule has 1 unspecified atom stereocenters. The van der Waals surface area contributed by atoms with Crippen molar-refractivity contribution in [2.45, 2.75) is 56.8 Å². The van der Waals surface area contributed by atoms with Gasteiger partial charge in [0.05, 0.1) is 42.3 Å². The second-order valence-electron chi connectivity index (χ2n) is 10.9. The van der Waals surface area contributed by atoms with E-state index in [1.165, 1.54) is 17.7 Å². The Morgan fingerprint density at radius 1 is 1.12 bits per heavy atom. The first kappa shape index (κ1) is 26.7. The van der Waals surface area contributed by atoms with Crippen molar-refractivity contribution in [3.63, 3.8) is 0 Å². The molecule has 8 nitrogen and oxygen atoms in total. The van der Waals surface area contributed by atoms with Gasteiger partial charge in [0.2, 0.25) is 0 Å². The molecule has 4 aromatic rings. The van der Waals surface area contributed by atoms with Crippen molar-refractivity contribution < 1.29 is 23.0 Å². The van der Waals surface area contributed by atoms with Gasteiger partial charge in [-0.25, -0.2) is 18.3 Å². The Balaban J connectivity index is 1.29. The Hall–Kier alpha value is -3.47. The fraction of sp³-hybridized carbons (Fsp3) is 0.433. The maximum atomic E-state index is 15.2. The van der Waals surface area contributed by atoms with Crippen LogP contribution in [-0.4, -0.2) is 58.2 Å². The summed E-state index contributed by atoms with van der Waals surface area (Å²) in [6.07, 6.45) is 8.11. The molecule has 1 aromatic carbocycles. The van der Waals surface area contributed by atoms with Crippen molar-refractivity contribution >= 4 is 5.52 Å². The Morgan fingerprint density at radius 2 is 1.95 bits per heavy atom.